The molecule has 36 heavy (non-hydrogen) atoms. The van der Waals surface area contributed by atoms with Crippen molar-refractivity contribution in [2.45, 2.75) is 58.4 Å². The van der Waals surface area contributed by atoms with E-state index < -0.39 is 5.54 Å². The quantitative estimate of drug-likeness (QED) is 0.384. The SMILES string of the molecule is CC(=O)NC(CO)(CO)CCc1ccc(C#CC(Cc2ccc(C)c(C)c2)c2cccc(C)c2)cc1. The van der Waals surface area contributed by atoms with Gasteiger partial charge in [0.25, 0.3) is 0 Å². The molecule has 0 aromatic heterocycles. The fraction of sp³-hybridized carbons (Fsp3) is 0.344. The van der Waals surface area contributed by atoms with Crippen LogP contribution in [0.3, 0.4) is 0 Å². The van der Waals surface area contributed by atoms with Gasteiger partial charge >= 0.3 is 0 Å². The number of carbonyl (C=O) groups is 1. The fourth-order valence-corrected chi connectivity index (χ4v) is 4.34. The summed E-state index contributed by atoms with van der Waals surface area (Å²) in [6, 6.07) is 23.2. The summed E-state index contributed by atoms with van der Waals surface area (Å²) in [6.07, 6.45) is 1.91. The molecule has 0 aliphatic carbocycles. The Morgan fingerprint density at radius 1 is 0.917 bits per heavy atom. The van der Waals surface area contributed by atoms with E-state index in [1.807, 2.05) is 24.3 Å². The van der Waals surface area contributed by atoms with Crippen LogP contribution in [0.15, 0.2) is 66.7 Å². The van der Waals surface area contributed by atoms with Crippen LogP contribution in [0.1, 0.15) is 58.2 Å². The second kappa shape index (κ2) is 12.5. The number of hydrogen-bond acceptors (Lipinski definition) is 3. The van der Waals surface area contributed by atoms with Crippen LogP contribution in [0.2, 0.25) is 0 Å². The van der Waals surface area contributed by atoms with Crippen LogP contribution < -0.4 is 5.32 Å². The summed E-state index contributed by atoms with van der Waals surface area (Å²) in [5.41, 5.74) is 7.30. The van der Waals surface area contributed by atoms with Gasteiger partial charge in [-0.25, -0.2) is 0 Å². The van der Waals surface area contributed by atoms with Gasteiger partial charge in [0.15, 0.2) is 0 Å². The molecule has 1 atom stereocenters. The van der Waals surface area contributed by atoms with Crippen LogP contribution >= 0.6 is 0 Å². The maximum absolute atomic E-state index is 11.5. The van der Waals surface area contributed by atoms with Crippen molar-refractivity contribution in [1.82, 2.24) is 5.32 Å². The zero-order valence-electron chi connectivity index (χ0n) is 21.8. The monoisotopic (exact) mass is 483 g/mol. The average molecular weight is 484 g/mol. The molecule has 4 nitrogen and oxygen atoms in total. The minimum atomic E-state index is -1.01. The van der Waals surface area contributed by atoms with Crippen LogP contribution in [-0.2, 0) is 17.6 Å². The van der Waals surface area contributed by atoms with Crippen molar-refractivity contribution in [3.05, 3.63) is 106 Å². The highest BCUT2D eigenvalue weighted by molar-refractivity contribution is 5.73. The topological polar surface area (TPSA) is 69.6 Å². The standard InChI is InChI=1S/C32H37NO3/c1-23-6-5-7-30(18-23)31(20-29-9-8-24(2)25(3)19-29)15-14-27-10-12-28(13-11-27)16-17-32(21-34,22-35)33-26(4)36/h5-13,18-19,31,34-35H,16-17,20-22H2,1-4H3,(H,33,36). The summed E-state index contributed by atoms with van der Waals surface area (Å²) in [6.45, 7) is 7.15. The summed E-state index contributed by atoms with van der Waals surface area (Å²) in [5.74, 6) is 6.70. The first-order valence-corrected chi connectivity index (χ1v) is 12.5. The first kappa shape index (κ1) is 27.2. The van der Waals surface area contributed by atoms with Crippen molar-refractivity contribution in [3.8, 4) is 11.8 Å². The highest BCUT2D eigenvalue weighted by atomic mass is 16.3. The number of aryl methyl sites for hydroxylation is 4. The Morgan fingerprint density at radius 2 is 1.61 bits per heavy atom. The lowest BCUT2D eigenvalue weighted by Gasteiger charge is -2.30. The molecule has 0 radical (unpaired) electrons. The number of amides is 1. The Labute approximate surface area is 215 Å². The number of aliphatic hydroxyl groups excluding tert-OH is 2. The number of aliphatic hydroxyl groups is 2. The van der Waals surface area contributed by atoms with Crippen molar-refractivity contribution in [1.29, 1.82) is 0 Å². The number of carbonyl (C=O) groups excluding carboxylic acids is 1. The highest BCUT2D eigenvalue weighted by Crippen LogP contribution is 2.23. The zero-order valence-corrected chi connectivity index (χ0v) is 21.8. The molecule has 1 unspecified atom stereocenters. The minimum absolute atomic E-state index is 0.0825. The number of hydrogen-bond donors (Lipinski definition) is 3. The van der Waals surface area contributed by atoms with E-state index in [-0.39, 0.29) is 25.0 Å². The van der Waals surface area contributed by atoms with E-state index in [9.17, 15) is 15.0 Å². The van der Waals surface area contributed by atoms with Gasteiger partial charge in [0.1, 0.15) is 0 Å². The molecule has 3 N–H and O–H groups in total. The molecule has 0 aliphatic rings. The van der Waals surface area contributed by atoms with Crippen LogP contribution in [0.5, 0.6) is 0 Å². The van der Waals surface area contributed by atoms with E-state index in [4.69, 9.17) is 0 Å². The third-order valence-electron chi connectivity index (χ3n) is 6.74. The first-order valence-electron chi connectivity index (χ1n) is 12.5. The molecular weight excluding hydrogens is 446 g/mol. The lowest BCUT2D eigenvalue weighted by Crippen LogP contribution is -2.53. The maximum Gasteiger partial charge on any atom is 0.217 e. The van der Waals surface area contributed by atoms with E-state index in [1.165, 1.54) is 34.7 Å². The van der Waals surface area contributed by atoms with E-state index in [0.717, 1.165) is 17.5 Å². The van der Waals surface area contributed by atoms with Gasteiger partial charge in [0, 0.05) is 18.4 Å². The molecule has 4 heteroatoms. The summed E-state index contributed by atoms with van der Waals surface area (Å²) < 4.78 is 0. The summed E-state index contributed by atoms with van der Waals surface area (Å²) >= 11 is 0. The second-order valence-electron chi connectivity index (χ2n) is 9.83. The van der Waals surface area contributed by atoms with Crippen molar-refractivity contribution >= 4 is 5.91 Å². The van der Waals surface area contributed by atoms with E-state index in [0.29, 0.717) is 12.8 Å². The molecule has 3 rings (SSSR count). The molecule has 0 aliphatic heterocycles. The molecule has 188 valence electrons. The lowest BCUT2D eigenvalue weighted by molar-refractivity contribution is -0.122. The maximum atomic E-state index is 11.5. The number of nitrogens with one attached hydrogen (secondary N) is 1. The van der Waals surface area contributed by atoms with Gasteiger partial charge in [-0.3, -0.25) is 4.79 Å². The Balaban J connectivity index is 1.77. The zero-order chi connectivity index (χ0) is 26.1. The average Bonchev–Trinajstić information content (AvgIpc) is 2.87. The van der Waals surface area contributed by atoms with E-state index in [1.54, 1.807) is 0 Å². The molecule has 0 fully saturated rings. The van der Waals surface area contributed by atoms with Gasteiger partial charge in [-0.05, 0) is 80.0 Å². The molecular formula is C32H37NO3. The third-order valence-corrected chi connectivity index (χ3v) is 6.74. The first-order chi connectivity index (χ1) is 17.2. The Kier molecular flexibility index (Phi) is 9.47. The molecule has 3 aromatic rings. The minimum Gasteiger partial charge on any atom is -0.394 e. The van der Waals surface area contributed by atoms with Crippen LogP contribution in [0.4, 0.5) is 0 Å². The van der Waals surface area contributed by atoms with Crippen LogP contribution in [0.25, 0.3) is 0 Å². The molecule has 0 spiro atoms. The van der Waals surface area contributed by atoms with Gasteiger partial charge < -0.3 is 15.5 Å². The summed E-state index contributed by atoms with van der Waals surface area (Å²) in [5, 5.41) is 22.1. The van der Waals surface area contributed by atoms with Gasteiger partial charge in [0.05, 0.1) is 18.8 Å². The molecule has 0 heterocycles. The lowest BCUT2D eigenvalue weighted by atomic mass is 9.90. The smallest absolute Gasteiger partial charge is 0.217 e. The van der Waals surface area contributed by atoms with Crippen LogP contribution in [0, 0.1) is 32.6 Å². The highest BCUT2D eigenvalue weighted by Gasteiger charge is 2.29. The predicted octanol–water partition coefficient (Wildman–Crippen LogP) is 4.78. The van der Waals surface area contributed by atoms with Crippen molar-refractivity contribution in [3.63, 3.8) is 0 Å². The fourth-order valence-electron chi connectivity index (χ4n) is 4.34. The van der Waals surface area contributed by atoms with Crippen molar-refractivity contribution in [2.75, 3.05) is 13.2 Å². The Hall–Kier alpha value is -3.39. The molecule has 0 bridgehead atoms. The number of benzene rings is 3. The van der Waals surface area contributed by atoms with Crippen molar-refractivity contribution < 1.29 is 15.0 Å². The van der Waals surface area contributed by atoms with Crippen molar-refractivity contribution in [2.24, 2.45) is 0 Å². The van der Waals surface area contributed by atoms with E-state index in [2.05, 4.69) is 80.4 Å². The summed E-state index contributed by atoms with van der Waals surface area (Å²) in [7, 11) is 0. The largest absolute Gasteiger partial charge is 0.394 e. The van der Waals surface area contributed by atoms with Gasteiger partial charge in [-0.15, -0.1) is 0 Å². The Bertz CT molecular complexity index is 1230. The second-order valence-corrected chi connectivity index (χ2v) is 9.83. The normalized spacial score (nSPS) is 11.9. The van der Waals surface area contributed by atoms with Gasteiger partial charge in [-0.2, -0.15) is 0 Å². The van der Waals surface area contributed by atoms with Gasteiger partial charge in [0.2, 0.25) is 5.91 Å². The molecule has 0 saturated carbocycles. The van der Waals surface area contributed by atoms with Crippen LogP contribution in [-0.4, -0.2) is 34.9 Å². The predicted molar refractivity (Wildman–Crippen MR) is 146 cm³/mol. The van der Waals surface area contributed by atoms with E-state index >= 15 is 0 Å². The molecule has 3 aromatic carbocycles. The molecule has 0 saturated heterocycles. The Morgan fingerprint density at radius 3 is 2.22 bits per heavy atom. The van der Waals surface area contributed by atoms with Gasteiger partial charge in [-0.1, -0.05) is 72.0 Å². The molecule has 1 amide bonds. The number of rotatable bonds is 9. The third kappa shape index (κ3) is 7.55. The summed E-state index contributed by atoms with van der Waals surface area (Å²) in [4.78, 5) is 11.5.